The third kappa shape index (κ3) is 3.10. The van der Waals surface area contributed by atoms with Gasteiger partial charge in [0.2, 0.25) is 10.0 Å². The SMILES string of the molecule is CC(C#N)S(=O)(=O)NC(C)(C(=O)O)c1ccccc1. The Balaban J connectivity index is 3.25. The molecule has 0 bridgehead atoms. The van der Waals surface area contributed by atoms with E-state index in [1.165, 1.54) is 26.0 Å². The van der Waals surface area contributed by atoms with Crippen LogP contribution >= 0.6 is 0 Å². The molecule has 2 N–H and O–H groups in total. The van der Waals surface area contributed by atoms with Crippen molar-refractivity contribution in [3.8, 4) is 6.07 Å². The van der Waals surface area contributed by atoms with Gasteiger partial charge in [-0.05, 0) is 19.4 Å². The van der Waals surface area contributed by atoms with E-state index in [1.54, 1.807) is 24.3 Å². The number of hydrogen-bond acceptors (Lipinski definition) is 4. The van der Waals surface area contributed by atoms with Gasteiger partial charge in [-0.1, -0.05) is 30.3 Å². The molecule has 0 heterocycles. The summed E-state index contributed by atoms with van der Waals surface area (Å²) in [6.07, 6.45) is 0. The molecule has 0 amide bonds. The maximum absolute atomic E-state index is 11.9. The quantitative estimate of drug-likeness (QED) is 0.831. The predicted molar refractivity (Wildman–Crippen MR) is 68.6 cm³/mol. The lowest BCUT2D eigenvalue weighted by atomic mass is 9.94. The molecule has 0 aliphatic rings. The van der Waals surface area contributed by atoms with Crippen molar-refractivity contribution in [2.24, 2.45) is 0 Å². The van der Waals surface area contributed by atoms with Crippen LogP contribution in [0, 0.1) is 11.3 Å². The molecular formula is C12H14N2O4S. The Morgan fingerprint density at radius 1 is 1.42 bits per heavy atom. The fourth-order valence-electron chi connectivity index (χ4n) is 1.44. The molecule has 2 atom stereocenters. The Labute approximate surface area is 111 Å². The number of rotatable bonds is 5. The normalized spacial score (nSPS) is 16.1. The minimum absolute atomic E-state index is 0.288. The van der Waals surface area contributed by atoms with Crippen LogP contribution in [0.3, 0.4) is 0 Å². The van der Waals surface area contributed by atoms with Gasteiger partial charge < -0.3 is 5.11 Å². The van der Waals surface area contributed by atoms with Gasteiger partial charge in [0.15, 0.2) is 10.8 Å². The topological polar surface area (TPSA) is 107 Å². The molecule has 0 radical (unpaired) electrons. The Morgan fingerprint density at radius 3 is 2.37 bits per heavy atom. The number of nitriles is 1. The molecule has 1 aromatic carbocycles. The summed E-state index contributed by atoms with van der Waals surface area (Å²) in [5.74, 6) is -1.34. The average molecular weight is 282 g/mol. The standard InChI is InChI=1S/C12H14N2O4S/c1-9(8-13)19(17,18)14-12(2,11(15)16)10-6-4-3-5-7-10/h3-7,9,14H,1-2H3,(H,15,16). The van der Waals surface area contributed by atoms with Crippen LogP contribution in [0.4, 0.5) is 0 Å². The second-order valence-corrected chi connectivity index (χ2v) is 6.22. The molecule has 7 heteroatoms. The second kappa shape index (κ2) is 5.38. The number of hydrogen-bond donors (Lipinski definition) is 2. The summed E-state index contributed by atoms with van der Waals surface area (Å²) in [4.78, 5) is 11.4. The van der Waals surface area contributed by atoms with Gasteiger partial charge in [-0.25, -0.2) is 13.2 Å². The van der Waals surface area contributed by atoms with Gasteiger partial charge in [-0.3, -0.25) is 0 Å². The molecule has 0 aliphatic carbocycles. The summed E-state index contributed by atoms with van der Waals surface area (Å²) in [6, 6.07) is 9.50. The summed E-state index contributed by atoms with van der Waals surface area (Å²) in [7, 11) is -4.05. The molecular weight excluding hydrogens is 268 g/mol. The Kier molecular flexibility index (Phi) is 4.29. The third-order valence-electron chi connectivity index (χ3n) is 2.77. The summed E-state index contributed by atoms with van der Waals surface area (Å²) in [5.41, 5.74) is -1.53. The Hall–Kier alpha value is -1.91. The third-order valence-corrected chi connectivity index (χ3v) is 4.50. The largest absolute Gasteiger partial charge is 0.480 e. The number of carboxylic acid groups (broad SMARTS) is 1. The zero-order valence-electron chi connectivity index (χ0n) is 10.5. The van der Waals surface area contributed by atoms with Crippen molar-refractivity contribution in [3.05, 3.63) is 35.9 Å². The molecule has 0 spiro atoms. The number of nitrogens with zero attached hydrogens (tertiary/aromatic N) is 1. The van der Waals surface area contributed by atoms with Crippen molar-refractivity contribution < 1.29 is 18.3 Å². The maximum atomic E-state index is 11.9. The van der Waals surface area contributed by atoms with Gasteiger partial charge in [0.05, 0.1) is 6.07 Å². The molecule has 0 saturated carbocycles. The number of aliphatic carboxylic acids is 1. The average Bonchev–Trinajstić information content (AvgIpc) is 2.37. The molecule has 102 valence electrons. The number of carbonyl (C=O) groups is 1. The lowest BCUT2D eigenvalue weighted by Crippen LogP contribution is -2.51. The number of carboxylic acids is 1. The van der Waals surface area contributed by atoms with Crippen molar-refractivity contribution in [1.29, 1.82) is 5.26 Å². The van der Waals surface area contributed by atoms with Crippen LogP contribution in [-0.2, 0) is 20.4 Å². The first-order chi connectivity index (χ1) is 8.74. The fourth-order valence-corrected chi connectivity index (χ4v) is 2.53. The van der Waals surface area contributed by atoms with Gasteiger partial charge in [0.1, 0.15) is 0 Å². The van der Waals surface area contributed by atoms with E-state index in [0.717, 1.165) is 0 Å². The van der Waals surface area contributed by atoms with Gasteiger partial charge in [-0.15, -0.1) is 0 Å². The van der Waals surface area contributed by atoms with Crippen molar-refractivity contribution in [2.75, 3.05) is 0 Å². The number of benzene rings is 1. The number of sulfonamides is 1. The van der Waals surface area contributed by atoms with Crippen LogP contribution in [0.1, 0.15) is 19.4 Å². The predicted octanol–water partition coefficient (Wildman–Crippen LogP) is 0.818. The summed E-state index contributed by atoms with van der Waals surface area (Å²) in [6.45, 7) is 2.43. The van der Waals surface area contributed by atoms with Crippen molar-refractivity contribution in [2.45, 2.75) is 24.6 Å². The first-order valence-corrected chi connectivity index (χ1v) is 7.00. The molecule has 19 heavy (non-hydrogen) atoms. The van der Waals surface area contributed by atoms with Crippen LogP contribution in [0.5, 0.6) is 0 Å². The van der Waals surface area contributed by atoms with Gasteiger partial charge in [0.25, 0.3) is 0 Å². The van der Waals surface area contributed by atoms with E-state index in [1.807, 2.05) is 0 Å². The summed E-state index contributed by atoms with van der Waals surface area (Å²) >= 11 is 0. The molecule has 0 aromatic heterocycles. The zero-order valence-corrected chi connectivity index (χ0v) is 11.3. The van der Waals surface area contributed by atoms with Crippen LogP contribution in [0.25, 0.3) is 0 Å². The molecule has 1 rings (SSSR count). The highest BCUT2D eigenvalue weighted by molar-refractivity contribution is 7.90. The van der Waals surface area contributed by atoms with Gasteiger partial charge in [0, 0.05) is 0 Å². The van der Waals surface area contributed by atoms with Crippen LogP contribution < -0.4 is 4.72 Å². The van der Waals surface area contributed by atoms with Crippen LogP contribution in [0.15, 0.2) is 30.3 Å². The molecule has 0 aliphatic heterocycles. The monoisotopic (exact) mass is 282 g/mol. The highest BCUT2D eigenvalue weighted by atomic mass is 32.2. The first kappa shape index (κ1) is 15.1. The van der Waals surface area contributed by atoms with Crippen molar-refractivity contribution in [3.63, 3.8) is 0 Å². The number of nitrogens with one attached hydrogen (secondary N) is 1. The van der Waals surface area contributed by atoms with Gasteiger partial charge >= 0.3 is 5.97 Å². The van der Waals surface area contributed by atoms with E-state index in [-0.39, 0.29) is 5.56 Å². The summed E-state index contributed by atoms with van der Waals surface area (Å²) < 4.78 is 25.8. The van der Waals surface area contributed by atoms with E-state index < -0.39 is 26.8 Å². The van der Waals surface area contributed by atoms with E-state index in [2.05, 4.69) is 4.72 Å². The fraction of sp³-hybridized carbons (Fsp3) is 0.333. The molecule has 0 fully saturated rings. The highest BCUT2D eigenvalue weighted by Crippen LogP contribution is 2.22. The highest BCUT2D eigenvalue weighted by Gasteiger charge is 2.40. The Bertz CT molecular complexity index is 606. The second-order valence-electron chi connectivity index (χ2n) is 4.21. The van der Waals surface area contributed by atoms with Crippen LogP contribution in [0.2, 0.25) is 0 Å². The molecule has 1 aromatic rings. The van der Waals surface area contributed by atoms with E-state index in [4.69, 9.17) is 5.26 Å². The molecule has 0 saturated heterocycles. The summed E-state index contributed by atoms with van der Waals surface area (Å²) in [5, 5.41) is 16.6. The lowest BCUT2D eigenvalue weighted by molar-refractivity contribution is -0.143. The lowest BCUT2D eigenvalue weighted by Gasteiger charge is -2.27. The van der Waals surface area contributed by atoms with E-state index in [0.29, 0.717) is 0 Å². The Morgan fingerprint density at radius 2 is 1.95 bits per heavy atom. The van der Waals surface area contributed by atoms with Gasteiger partial charge in [-0.2, -0.15) is 9.98 Å². The zero-order chi connectivity index (χ0) is 14.7. The smallest absolute Gasteiger partial charge is 0.329 e. The van der Waals surface area contributed by atoms with E-state index in [9.17, 15) is 18.3 Å². The minimum Gasteiger partial charge on any atom is -0.480 e. The first-order valence-electron chi connectivity index (χ1n) is 5.45. The minimum atomic E-state index is -4.05. The van der Waals surface area contributed by atoms with Crippen molar-refractivity contribution >= 4 is 16.0 Å². The van der Waals surface area contributed by atoms with Crippen LogP contribution in [-0.4, -0.2) is 24.7 Å². The van der Waals surface area contributed by atoms with Crippen molar-refractivity contribution in [1.82, 2.24) is 4.72 Å². The van der Waals surface area contributed by atoms with E-state index >= 15 is 0 Å². The maximum Gasteiger partial charge on any atom is 0.329 e. The molecule has 2 unspecified atom stereocenters. The molecule has 6 nitrogen and oxygen atoms in total.